The molecule has 0 aliphatic carbocycles. The summed E-state index contributed by atoms with van der Waals surface area (Å²) >= 11 is 0. The van der Waals surface area contributed by atoms with Crippen LogP contribution in [0.15, 0.2) is 60.7 Å². The number of rotatable bonds is 10. The van der Waals surface area contributed by atoms with E-state index >= 15 is 0 Å². The average molecular weight is 561 g/mol. The van der Waals surface area contributed by atoms with Crippen LogP contribution in [0.1, 0.15) is 95.9 Å². The molecule has 3 atom stereocenters. The van der Waals surface area contributed by atoms with Gasteiger partial charge in [-0.3, -0.25) is 9.69 Å². The van der Waals surface area contributed by atoms with Gasteiger partial charge in [-0.2, -0.15) is 0 Å². The van der Waals surface area contributed by atoms with Crippen molar-refractivity contribution in [3.63, 3.8) is 0 Å². The van der Waals surface area contributed by atoms with Gasteiger partial charge in [-0.25, -0.2) is 0 Å². The molecule has 2 aromatic rings. The lowest BCUT2D eigenvalue weighted by molar-refractivity contribution is -0.190. The number of hydrogen-bond donors (Lipinski definition) is 0. The van der Waals surface area contributed by atoms with Gasteiger partial charge in [-0.05, 0) is 91.0 Å². The Kier molecular flexibility index (Phi) is 9.29. The second kappa shape index (κ2) is 12.6. The van der Waals surface area contributed by atoms with E-state index < -0.39 is 5.54 Å². The Morgan fingerprint density at radius 2 is 1.39 bits per heavy atom. The number of cyclic esters (lactones) is 1. The molecule has 0 N–H and O–H groups in total. The third-order valence-electron chi connectivity index (χ3n) is 10.1. The minimum atomic E-state index is -0.695. The average Bonchev–Trinajstić information content (AvgIpc) is 3.18. The largest absolute Gasteiger partial charge is 0.457 e. The lowest BCUT2D eigenvalue weighted by Gasteiger charge is -2.51. The van der Waals surface area contributed by atoms with Gasteiger partial charge in [0.1, 0.15) is 11.6 Å². The van der Waals surface area contributed by atoms with Gasteiger partial charge < -0.3 is 18.9 Å². The standard InChI is InChI=1S/C34H49BN2O4/c1-32(2)33(3,4)41-35(40-32)23-14-13-21-34(22-26-37-24-15-8-16-25-37)31(38)39-30(28-19-11-7-12-20-28)29(36(34)5)27-17-9-6-10-18-27/h6-7,9-12,17-20,29-30H,8,13-16,21-26H2,1-5H3/t29-,30+,34-/m1/s1. The summed E-state index contributed by atoms with van der Waals surface area (Å²) in [5.74, 6) is -0.0892. The number of carbonyl (C=O) groups is 1. The monoisotopic (exact) mass is 560 g/mol. The van der Waals surface area contributed by atoms with Crippen LogP contribution in [0.3, 0.4) is 0 Å². The number of benzene rings is 2. The van der Waals surface area contributed by atoms with Gasteiger partial charge >= 0.3 is 13.1 Å². The van der Waals surface area contributed by atoms with E-state index in [4.69, 9.17) is 14.0 Å². The molecule has 41 heavy (non-hydrogen) atoms. The van der Waals surface area contributed by atoms with Crippen LogP contribution in [0.2, 0.25) is 6.32 Å². The molecule has 3 aliphatic rings. The highest BCUT2D eigenvalue weighted by Crippen LogP contribution is 2.48. The van der Waals surface area contributed by atoms with Crippen LogP contribution in [-0.2, 0) is 18.8 Å². The summed E-state index contributed by atoms with van der Waals surface area (Å²) in [7, 11) is 1.94. The van der Waals surface area contributed by atoms with Crippen LogP contribution in [-0.4, -0.2) is 66.3 Å². The van der Waals surface area contributed by atoms with Crippen LogP contribution >= 0.6 is 0 Å². The van der Waals surface area contributed by atoms with Gasteiger partial charge in [0.2, 0.25) is 0 Å². The highest BCUT2D eigenvalue weighted by molar-refractivity contribution is 6.45. The van der Waals surface area contributed by atoms with Crippen molar-refractivity contribution < 1.29 is 18.8 Å². The van der Waals surface area contributed by atoms with E-state index in [1.54, 1.807) is 0 Å². The van der Waals surface area contributed by atoms with Gasteiger partial charge in [-0.1, -0.05) is 79.9 Å². The molecule has 3 fully saturated rings. The van der Waals surface area contributed by atoms with Crippen LogP contribution < -0.4 is 0 Å². The molecule has 7 heteroatoms. The SMILES string of the molecule is CN1[C@H](c2ccccc2)[C@H](c2ccccc2)OC(=O)[C@@]1(CCCCB1OC(C)(C)C(C)(C)O1)CCN1CCCCC1. The fourth-order valence-corrected chi connectivity index (χ4v) is 6.86. The van der Waals surface area contributed by atoms with Crippen LogP contribution in [0.4, 0.5) is 0 Å². The summed E-state index contributed by atoms with van der Waals surface area (Å²) in [6.45, 7) is 11.5. The zero-order chi connectivity index (χ0) is 29.1. The Balaban J connectivity index is 1.38. The minimum Gasteiger partial charge on any atom is -0.454 e. The number of nitrogens with zero attached hydrogens (tertiary/aromatic N) is 2. The lowest BCUT2D eigenvalue weighted by Crippen LogP contribution is -2.61. The van der Waals surface area contributed by atoms with Crippen LogP contribution in [0, 0.1) is 0 Å². The molecule has 0 radical (unpaired) electrons. The summed E-state index contributed by atoms with van der Waals surface area (Å²) < 4.78 is 19.0. The van der Waals surface area contributed by atoms with E-state index in [-0.39, 0.29) is 36.4 Å². The Morgan fingerprint density at radius 3 is 2.00 bits per heavy atom. The molecule has 222 valence electrons. The van der Waals surface area contributed by atoms with Crippen molar-refractivity contribution in [3.05, 3.63) is 71.8 Å². The number of likely N-dealkylation sites (N-methyl/N-ethyl adjacent to an activating group) is 1. The van der Waals surface area contributed by atoms with Crippen molar-refractivity contribution in [2.24, 2.45) is 0 Å². The Labute approximate surface area is 247 Å². The number of carbonyl (C=O) groups excluding carboxylic acids is 1. The second-order valence-corrected chi connectivity index (χ2v) is 13.3. The number of likely N-dealkylation sites (tertiary alicyclic amines) is 1. The minimum absolute atomic E-state index is 0.0687. The first-order valence-corrected chi connectivity index (χ1v) is 15.7. The molecule has 5 rings (SSSR count). The molecule has 0 aromatic heterocycles. The maximum Gasteiger partial charge on any atom is 0.457 e. The number of ether oxygens (including phenoxy) is 1. The summed E-state index contributed by atoms with van der Waals surface area (Å²) in [4.78, 5) is 19.2. The number of piperidine rings is 1. The van der Waals surface area contributed by atoms with Gasteiger partial charge in [0, 0.05) is 6.54 Å². The molecule has 0 spiro atoms. The van der Waals surface area contributed by atoms with E-state index in [1.807, 2.05) is 18.2 Å². The predicted molar refractivity (Wildman–Crippen MR) is 165 cm³/mol. The molecule has 2 aromatic carbocycles. The Hall–Kier alpha value is -2.19. The molecular formula is C34H49BN2O4. The van der Waals surface area contributed by atoms with Crippen molar-refractivity contribution in [1.82, 2.24) is 9.80 Å². The molecule has 0 bridgehead atoms. The van der Waals surface area contributed by atoms with Crippen LogP contribution in [0.5, 0.6) is 0 Å². The molecule has 0 unspecified atom stereocenters. The Morgan fingerprint density at radius 1 is 0.805 bits per heavy atom. The van der Waals surface area contributed by atoms with E-state index in [2.05, 4.69) is 87.0 Å². The summed E-state index contributed by atoms with van der Waals surface area (Å²) in [6, 6.07) is 20.7. The van der Waals surface area contributed by atoms with Gasteiger partial charge in [0.15, 0.2) is 0 Å². The third kappa shape index (κ3) is 6.44. The van der Waals surface area contributed by atoms with E-state index in [9.17, 15) is 4.79 Å². The molecule has 3 aliphatic heterocycles. The summed E-state index contributed by atoms with van der Waals surface area (Å²) in [5.41, 5.74) is 0.869. The fraction of sp³-hybridized carbons (Fsp3) is 0.618. The topological polar surface area (TPSA) is 51.2 Å². The van der Waals surface area contributed by atoms with Crippen molar-refractivity contribution in [3.8, 4) is 0 Å². The quantitative estimate of drug-likeness (QED) is 0.180. The maximum atomic E-state index is 14.2. The molecule has 6 nitrogen and oxygen atoms in total. The molecule has 3 heterocycles. The molecular weight excluding hydrogens is 511 g/mol. The molecule has 0 saturated carbocycles. The zero-order valence-corrected chi connectivity index (χ0v) is 25.8. The smallest absolute Gasteiger partial charge is 0.454 e. The van der Waals surface area contributed by atoms with Gasteiger partial charge in [0.05, 0.1) is 17.2 Å². The van der Waals surface area contributed by atoms with E-state index in [1.165, 1.54) is 24.8 Å². The molecule has 3 saturated heterocycles. The fourth-order valence-electron chi connectivity index (χ4n) is 6.86. The van der Waals surface area contributed by atoms with Crippen LogP contribution in [0.25, 0.3) is 0 Å². The summed E-state index contributed by atoms with van der Waals surface area (Å²) in [5, 5.41) is 0. The Bertz CT molecular complexity index is 1120. The third-order valence-corrected chi connectivity index (χ3v) is 10.1. The van der Waals surface area contributed by atoms with Crippen molar-refractivity contribution in [2.45, 2.75) is 108 Å². The normalized spacial score (nSPS) is 28.5. The summed E-state index contributed by atoms with van der Waals surface area (Å²) in [6.07, 6.45) is 7.60. The number of unbranched alkanes of at least 4 members (excludes halogenated alkanes) is 1. The lowest BCUT2D eigenvalue weighted by atomic mass is 9.78. The van der Waals surface area contributed by atoms with Crippen molar-refractivity contribution in [2.75, 3.05) is 26.7 Å². The van der Waals surface area contributed by atoms with E-state index in [0.717, 1.165) is 57.2 Å². The number of morpholine rings is 1. The second-order valence-electron chi connectivity index (χ2n) is 13.3. The van der Waals surface area contributed by atoms with E-state index in [0.29, 0.717) is 0 Å². The predicted octanol–water partition coefficient (Wildman–Crippen LogP) is 6.83. The highest BCUT2D eigenvalue weighted by atomic mass is 16.7. The van der Waals surface area contributed by atoms with Gasteiger partial charge in [0.25, 0.3) is 0 Å². The highest BCUT2D eigenvalue weighted by Gasteiger charge is 2.54. The molecule has 0 amide bonds. The maximum absolute atomic E-state index is 14.2. The first-order valence-electron chi connectivity index (χ1n) is 15.7. The van der Waals surface area contributed by atoms with Crippen molar-refractivity contribution in [1.29, 1.82) is 0 Å². The first-order chi connectivity index (χ1) is 19.6. The van der Waals surface area contributed by atoms with Crippen molar-refractivity contribution >= 4 is 13.1 Å². The zero-order valence-electron chi connectivity index (χ0n) is 25.8. The first kappa shape index (κ1) is 30.3. The number of hydrogen-bond acceptors (Lipinski definition) is 6. The number of esters is 1. The van der Waals surface area contributed by atoms with Gasteiger partial charge in [-0.15, -0.1) is 0 Å².